The fraction of sp³-hybridized carbons (Fsp3) is 0.250. The number of rotatable bonds is 8. The monoisotopic (exact) mass is 450 g/mol. The first kappa shape index (κ1) is 20.3. The minimum absolute atomic E-state index is 0.00486. The van der Waals surface area contributed by atoms with Crippen molar-refractivity contribution in [1.29, 1.82) is 0 Å². The molecular weight excluding hydrogens is 431 g/mol. The Hall–Kier alpha value is -2.00. The summed E-state index contributed by atoms with van der Waals surface area (Å²) >= 11 is 7.72. The van der Waals surface area contributed by atoms with Gasteiger partial charge < -0.3 is 10.2 Å². The van der Waals surface area contributed by atoms with Crippen molar-refractivity contribution in [3.05, 3.63) is 70.4 Å². The molecule has 2 atom stereocenters. The number of benzene rings is 2. The summed E-state index contributed by atoms with van der Waals surface area (Å²) in [6, 6.07) is 12.7. The number of hydrogen-bond donors (Lipinski definition) is 2. The molecule has 29 heavy (non-hydrogen) atoms. The van der Waals surface area contributed by atoms with Crippen LogP contribution in [0.2, 0.25) is 5.02 Å². The first-order chi connectivity index (χ1) is 14.1. The highest BCUT2D eigenvalue weighted by molar-refractivity contribution is 7.86. The molecule has 2 aromatic carbocycles. The molecule has 1 aliphatic heterocycles. The highest BCUT2D eigenvalue weighted by Crippen LogP contribution is 2.31. The van der Waals surface area contributed by atoms with Gasteiger partial charge in [0, 0.05) is 18.1 Å². The summed E-state index contributed by atoms with van der Waals surface area (Å²) in [4.78, 5) is 6.35. The smallest absolute Gasteiger partial charge is 0.194 e. The zero-order valence-corrected chi connectivity index (χ0v) is 17.9. The summed E-state index contributed by atoms with van der Waals surface area (Å²) in [6.45, 7) is 2.93. The number of halogens is 2. The third kappa shape index (κ3) is 4.95. The summed E-state index contributed by atoms with van der Waals surface area (Å²) in [5, 5.41) is 5.90. The van der Waals surface area contributed by atoms with Crippen LogP contribution in [0.5, 0.6) is 0 Å². The largest absolute Gasteiger partial charge is 0.376 e. The van der Waals surface area contributed by atoms with E-state index >= 15 is 0 Å². The van der Waals surface area contributed by atoms with Crippen LogP contribution >= 0.6 is 22.9 Å². The molecule has 5 nitrogen and oxygen atoms in total. The molecule has 2 unspecified atom stereocenters. The van der Waals surface area contributed by atoms with Crippen LogP contribution in [-0.2, 0) is 11.0 Å². The SMILES string of the molecule is O=S(Nc1nccs1)c1cc(Cl)c(NC(CN2CCC2)c2ccccc2)cc1F. The van der Waals surface area contributed by atoms with Gasteiger partial charge in [-0.05, 0) is 37.2 Å². The van der Waals surface area contributed by atoms with E-state index in [2.05, 4.69) is 19.9 Å². The van der Waals surface area contributed by atoms with Crippen molar-refractivity contribution in [2.24, 2.45) is 0 Å². The third-order valence-corrected chi connectivity index (χ3v) is 6.98. The number of aromatic nitrogens is 1. The Bertz CT molecular complexity index is 984. The topological polar surface area (TPSA) is 57.3 Å². The fourth-order valence-electron chi connectivity index (χ4n) is 3.12. The molecule has 0 bridgehead atoms. The minimum Gasteiger partial charge on any atom is -0.376 e. The number of likely N-dealkylation sites (tertiary alicyclic amines) is 1. The molecule has 1 aromatic heterocycles. The van der Waals surface area contributed by atoms with Gasteiger partial charge in [0.05, 0.1) is 21.6 Å². The van der Waals surface area contributed by atoms with E-state index in [-0.39, 0.29) is 10.9 Å². The molecule has 0 aliphatic carbocycles. The summed E-state index contributed by atoms with van der Waals surface area (Å²) < 4.78 is 29.9. The molecule has 2 heterocycles. The summed E-state index contributed by atoms with van der Waals surface area (Å²) in [5.74, 6) is -0.588. The highest BCUT2D eigenvalue weighted by atomic mass is 35.5. The number of thiazole rings is 1. The molecule has 152 valence electrons. The predicted octanol–water partition coefficient (Wildman–Crippen LogP) is 4.93. The number of nitrogens with zero attached hydrogens (tertiary/aromatic N) is 2. The maximum atomic E-state index is 14.7. The second kappa shape index (κ2) is 9.21. The number of nitrogens with one attached hydrogen (secondary N) is 2. The molecule has 1 fully saturated rings. The van der Waals surface area contributed by atoms with E-state index in [1.807, 2.05) is 30.3 Å². The zero-order valence-electron chi connectivity index (χ0n) is 15.5. The maximum Gasteiger partial charge on any atom is 0.194 e. The second-order valence-electron chi connectivity index (χ2n) is 6.73. The second-order valence-corrected chi connectivity index (χ2v) is 9.22. The van der Waals surface area contributed by atoms with Crippen molar-refractivity contribution >= 4 is 44.7 Å². The summed E-state index contributed by atoms with van der Waals surface area (Å²) in [7, 11) is -1.79. The molecule has 4 rings (SSSR count). The lowest BCUT2D eigenvalue weighted by atomic mass is 10.0. The van der Waals surface area contributed by atoms with E-state index in [0.717, 1.165) is 25.2 Å². The van der Waals surface area contributed by atoms with Crippen molar-refractivity contribution in [2.75, 3.05) is 29.7 Å². The molecule has 9 heteroatoms. The van der Waals surface area contributed by atoms with Gasteiger partial charge in [-0.15, -0.1) is 11.3 Å². The van der Waals surface area contributed by atoms with Crippen molar-refractivity contribution in [3.8, 4) is 0 Å². The van der Waals surface area contributed by atoms with E-state index in [9.17, 15) is 8.60 Å². The Morgan fingerprint density at radius 1 is 1.28 bits per heavy atom. The first-order valence-corrected chi connectivity index (χ1v) is 11.6. The molecule has 1 saturated heterocycles. The Morgan fingerprint density at radius 3 is 2.72 bits per heavy atom. The van der Waals surface area contributed by atoms with Gasteiger partial charge in [-0.3, -0.25) is 4.72 Å². The van der Waals surface area contributed by atoms with Crippen molar-refractivity contribution < 1.29 is 8.60 Å². The molecule has 1 aliphatic rings. The molecule has 0 spiro atoms. The van der Waals surface area contributed by atoms with E-state index in [4.69, 9.17) is 11.6 Å². The Morgan fingerprint density at radius 2 is 2.07 bits per heavy atom. The van der Waals surface area contributed by atoms with Gasteiger partial charge >= 0.3 is 0 Å². The van der Waals surface area contributed by atoms with E-state index < -0.39 is 16.8 Å². The van der Waals surface area contributed by atoms with Crippen LogP contribution in [0.3, 0.4) is 0 Å². The van der Waals surface area contributed by atoms with Crippen molar-refractivity contribution in [3.63, 3.8) is 0 Å². The van der Waals surface area contributed by atoms with Crippen LogP contribution in [0.15, 0.2) is 58.9 Å². The van der Waals surface area contributed by atoms with E-state index in [1.165, 1.54) is 29.9 Å². The fourth-order valence-corrected chi connectivity index (χ4v) is 4.98. The predicted molar refractivity (Wildman–Crippen MR) is 117 cm³/mol. The normalized spacial score (nSPS) is 16.1. The molecule has 0 saturated carbocycles. The van der Waals surface area contributed by atoms with Crippen LogP contribution in [-0.4, -0.2) is 33.7 Å². The first-order valence-electron chi connectivity index (χ1n) is 9.21. The summed E-state index contributed by atoms with van der Waals surface area (Å²) in [6.07, 6.45) is 2.78. The third-order valence-electron chi connectivity index (χ3n) is 4.75. The highest BCUT2D eigenvalue weighted by Gasteiger charge is 2.22. The molecule has 0 radical (unpaired) electrons. The molecule has 2 N–H and O–H groups in total. The van der Waals surface area contributed by atoms with Gasteiger partial charge in [-0.1, -0.05) is 41.9 Å². The number of anilines is 2. The lowest BCUT2D eigenvalue weighted by molar-refractivity contribution is 0.174. The molecule has 3 aromatic rings. The Labute approximate surface area is 180 Å². The van der Waals surface area contributed by atoms with Crippen LogP contribution < -0.4 is 10.0 Å². The minimum atomic E-state index is -1.79. The average molecular weight is 451 g/mol. The molecule has 0 amide bonds. The lowest BCUT2D eigenvalue weighted by Gasteiger charge is -2.35. The Kier molecular flexibility index (Phi) is 6.44. The number of hydrogen-bond acceptors (Lipinski definition) is 5. The average Bonchev–Trinajstić information content (AvgIpc) is 3.19. The van der Waals surface area contributed by atoms with Crippen molar-refractivity contribution in [2.45, 2.75) is 17.4 Å². The van der Waals surface area contributed by atoms with Gasteiger partial charge in [0.2, 0.25) is 0 Å². The van der Waals surface area contributed by atoms with Gasteiger partial charge in [0.1, 0.15) is 5.82 Å². The molecular formula is C20H20ClFN4OS2. The standard InChI is InChI=1S/C20H20ClFN4OS2/c21-15-11-19(29(27)25-20-23-7-10-28-20)16(22)12-17(15)24-18(13-26-8-4-9-26)14-5-2-1-3-6-14/h1-3,5-7,10-12,18,24H,4,8-9,13H2,(H,23,25). The van der Waals surface area contributed by atoms with Crippen LogP contribution in [0, 0.1) is 5.82 Å². The van der Waals surface area contributed by atoms with E-state index in [1.54, 1.807) is 11.6 Å². The van der Waals surface area contributed by atoms with Crippen LogP contribution in [0.4, 0.5) is 15.2 Å². The zero-order chi connectivity index (χ0) is 20.2. The van der Waals surface area contributed by atoms with Gasteiger partial charge in [0.15, 0.2) is 16.1 Å². The van der Waals surface area contributed by atoms with Crippen LogP contribution in [0.25, 0.3) is 0 Å². The maximum absolute atomic E-state index is 14.7. The quantitative estimate of drug-likeness (QED) is 0.511. The van der Waals surface area contributed by atoms with Crippen LogP contribution in [0.1, 0.15) is 18.0 Å². The van der Waals surface area contributed by atoms with Gasteiger partial charge in [0.25, 0.3) is 0 Å². The van der Waals surface area contributed by atoms with E-state index in [0.29, 0.717) is 15.8 Å². The van der Waals surface area contributed by atoms with Gasteiger partial charge in [-0.2, -0.15) is 0 Å². The van der Waals surface area contributed by atoms with Gasteiger partial charge in [-0.25, -0.2) is 13.6 Å². The summed E-state index contributed by atoms with van der Waals surface area (Å²) in [5.41, 5.74) is 1.59. The van der Waals surface area contributed by atoms with Crippen molar-refractivity contribution in [1.82, 2.24) is 9.88 Å². The Balaban J connectivity index is 1.55. The lowest BCUT2D eigenvalue weighted by Crippen LogP contribution is -2.41.